The fourth-order valence-electron chi connectivity index (χ4n) is 0.709. The summed E-state index contributed by atoms with van der Waals surface area (Å²) >= 11 is 11.0. The fraction of sp³-hybridized carbons (Fsp3) is 0.286. The number of hydrogen-bond donors (Lipinski definition) is 0. The average Bonchev–Trinajstić information content (AvgIpc) is 2.08. The molecule has 0 aliphatic rings. The molecule has 0 aliphatic carbocycles. The molecule has 1 aromatic rings. The summed E-state index contributed by atoms with van der Waals surface area (Å²) in [5.74, 6) is -0.0627. The Kier molecular flexibility index (Phi) is 3.69. The van der Waals surface area contributed by atoms with Crippen LogP contribution < -0.4 is 4.74 Å². The van der Waals surface area contributed by atoms with E-state index in [2.05, 4.69) is 9.72 Å². The first-order valence-corrected chi connectivity index (χ1v) is 4.20. The van der Waals surface area contributed by atoms with E-state index in [0.717, 1.165) is 0 Å². The summed E-state index contributed by atoms with van der Waals surface area (Å²) in [6.07, 6.45) is 1.33. The summed E-state index contributed by atoms with van der Waals surface area (Å²) in [5.41, 5.74) is 0.647. The topological polar surface area (TPSA) is 22.1 Å². The van der Waals surface area contributed by atoms with Crippen LogP contribution in [0.1, 0.15) is 5.56 Å². The van der Waals surface area contributed by atoms with Crippen LogP contribution in [0.2, 0.25) is 5.02 Å². The number of rotatable bonds is 3. The molecular weight excluding hydrogens is 223 g/mol. The molecule has 0 amide bonds. The molecule has 0 fully saturated rings. The van der Waals surface area contributed by atoms with Gasteiger partial charge >= 0.3 is 6.61 Å². The van der Waals surface area contributed by atoms with E-state index < -0.39 is 6.61 Å². The highest BCUT2D eigenvalue weighted by Crippen LogP contribution is 2.24. The van der Waals surface area contributed by atoms with Gasteiger partial charge in [0.2, 0.25) is 5.88 Å². The minimum absolute atomic E-state index is 0.0263. The van der Waals surface area contributed by atoms with Gasteiger partial charge in [-0.3, -0.25) is 0 Å². The van der Waals surface area contributed by atoms with Gasteiger partial charge in [-0.2, -0.15) is 8.78 Å². The van der Waals surface area contributed by atoms with Gasteiger partial charge in [-0.1, -0.05) is 11.6 Å². The summed E-state index contributed by atoms with van der Waals surface area (Å²) in [7, 11) is 0. The maximum absolute atomic E-state index is 11.7. The Morgan fingerprint density at radius 2 is 2.23 bits per heavy atom. The lowest BCUT2D eigenvalue weighted by Crippen LogP contribution is -2.04. The molecule has 1 aromatic heterocycles. The second-order valence-corrected chi connectivity index (χ2v) is 2.82. The quantitative estimate of drug-likeness (QED) is 0.741. The average molecular weight is 228 g/mol. The summed E-state index contributed by atoms with van der Waals surface area (Å²) < 4.78 is 27.5. The Bertz CT molecular complexity index is 296. The van der Waals surface area contributed by atoms with Crippen molar-refractivity contribution in [2.24, 2.45) is 0 Å². The Balaban J connectivity index is 2.85. The molecule has 0 saturated carbocycles. The summed E-state index contributed by atoms with van der Waals surface area (Å²) in [6, 6.07) is 1.43. The maximum atomic E-state index is 11.7. The number of hydrogen-bond acceptors (Lipinski definition) is 2. The number of pyridine rings is 1. The predicted octanol–water partition coefficient (Wildman–Crippen LogP) is 3.08. The highest BCUT2D eigenvalue weighted by molar-refractivity contribution is 6.32. The lowest BCUT2D eigenvalue weighted by atomic mass is 10.3. The standard InChI is InChI=1S/C7H5Cl2F2NO/c8-2-4-1-5(9)6(12-3-4)13-7(10)11/h1,3,7H,2H2. The van der Waals surface area contributed by atoms with Crippen molar-refractivity contribution in [2.45, 2.75) is 12.5 Å². The second-order valence-electron chi connectivity index (χ2n) is 2.14. The first-order valence-electron chi connectivity index (χ1n) is 3.28. The Morgan fingerprint density at radius 3 is 2.69 bits per heavy atom. The van der Waals surface area contributed by atoms with Crippen molar-refractivity contribution in [1.29, 1.82) is 0 Å². The first kappa shape index (κ1) is 10.5. The molecule has 0 aromatic carbocycles. The van der Waals surface area contributed by atoms with Gasteiger partial charge in [0.15, 0.2) is 0 Å². The molecule has 13 heavy (non-hydrogen) atoms. The van der Waals surface area contributed by atoms with E-state index in [0.29, 0.717) is 5.56 Å². The molecular formula is C7H5Cl2F2NO. The van der Waals surface area contributed by atoms with E-state index in [1.807, 2.05) is 0 Å². The molecule has 0 aliphatic heterocycles. The Morgan fingerprint density at radius 1 is 1.54 bits per heavy atom. The SMILES string of the molecule is FC(F)Oc1ncc(CCl)cc1Cl. The van der Waals surface area contributed by atoms with E-state index in [9.17, 15) is 8.78 Å². The van der Waals surface area contributed by atoms with Gasteiger partial charge in [0.05, 0.1) is 0 Å². The summed E-state index contributed by atoms with van der Waals surface area (Å²) in [5, 5.41) is 0.0263. The third-order valence-electron chi connectivity index (χ3n) is 1.22. The van der Waals surface area contributed by atoms with Crippen molar-refractivity contribution >= 4 is 23.2 Å². The number of ether oxygens (including phenoxy) is 1. The molecule has 0 saturated heterocycles. The second kappa shape index (κ2) is 4.58. The van der Waals surface area contributed by atoms with Crippen LogP contribution in [-0.4, -0.2) is 11.6 Å². The van der Waals surface area contributed by atoms with E-state index in [-0.39, 0.29) is 16.8 Å². The lowest BCUT2D eigenvalue weighted by Gasteiger charge is -2.05. The summed E-state index contributed by atoms with van der Waals surface area (Å²) in [6.45, 7) is -2.92. The zero-order valence-electron chi connectivity index (χ0n) is 6.31. The molecule has 0 radical (unpaired) electrons. The van der Waals surface area contributed by atoms with Crippen LogP contribution in [-0.2, 0) is 5.88 Å². The zero-order valence-corrected chi connectivity index (χ0v) is 7.82. The van der Waals surface area contributed by atoms with Crippen molar-refractivity contribution in [2.75, 3.05) is 0 Å². The zero-order chi connectivity index (χ0) is 9.84. The Labute approximate surface area is 83.4 Å². The molecule has 0 bridgehead atoms. The van der Waals surface area contributed by atoms with E-state index in [4.69, 9.17) is 23.2 Å². The van der Waals surface area contributed by atoms with Gasteiger partial charge in [-0.25, -0.2) is 4.98 Å². The van der Waals surface area contributed by atoms with Gasteiger partial charge in [-0.05, 0) is 11.6 Å². The minimum atomic E-state index is -2.92. The van der Waals surface area contributed by atoms with Crippen LogP contribution in [0.15, 0.2) is 12.3 Å². The molecule has 1 heterocycles. The van der Waals surface area contributed by atoms with Gasteiger partial charge in [0.25, 0.3) is 0 Å². The third-order valence-corrected chi connectivity index (χ3v) is 1.80. The van der Waals surface area contributed by atoms with Crippen molar-refractivity contribution in [3.8, 4) is 5.88 Å². The number of aromatic nitrogens is 1. The maximum Gasteiger partial charge on any atom is 0.388 e. The molecule has 0 spiro atoms. The van der Waals surface area contributed by atoms with E-state index >= 15 is 0 Å². The molecule has 6 heteroatoms. The van der Waals surface area contributed by atoms with Crippen LogP contribution in [0.25, 0.3) is 0 Å². The smallest absolute Gasteiger partial charge is 0.388 e. The van der Waals surface area contributed by atoms with Crippen molar-refractivity contribution in [3.05, 3.63) is 22.8 Å². The lowest BCUT2D eigenvalue weighted by molar-refractivity contribution is -0.0527. The van der Waals surface area contributed by atoms with Gasteiger partial charge in [0, 0.05) is 12.1 Å². The summed E-state index contributed by atoms with van der Waals surface area (Å²) in [4.78, 5) is 3.57. The number of halogens is 4. The van der Waals surface area contributed by atoms with Gasteiger partial charge in [0.1, 0.15) is 5.02 Å². The molecule has 0 atom stereocenters. The number of alkyl halides is 3. The highest BCUT2D eigenvalue weighted by Gasteiger charge is 2.09. The van der Waals surface area contributed by atoms with Crippen molar-refractivity contribution in [3.63, 3.8) is 0 Å². The molecule has 1 rings (SSSR count). The highest BCUT2D eigenvalue weighted by atomic mass is 35.5. The van der Waals surface area contributed by atoms with Crippen LogP contribution in [0.3, 0.4) is 0 Å². The van der Waals surface area contributed by atoms with Crippen LogP contribution in [0.5, 0.6) is 5.88 Å². The Hall–Kier alpha value is -0.610. The minimum Gasteiger partial charge on any atom is -0.415 e. The van der Waals surface area contributed by atoms with Gasteiger partial charge < -0.3 is 4.74 Å². The predicted molar refractivity (Wildman–Crippen MR) is 45.4 cm³/mol. The monoisotopic (exact) mass is 227 g/mol. The van der Waals surface area contributed by atoms with Crippen molar-refractivity contribution in [1.82, 2.24) is 4.98 Å². The van der Waals surface area contributed by atoms with Crippen molar-refractivity contribution < 1.29 is 13.5 Å². The van der Waals surface area contributed by atoms with Crippen LogP contribution >= 0.6 is 23.2 Å². The van der Waals surface area contributed by atoms with Crippen LogP contribution in [0, 0.1) is 0 Å². The number of nitrogens with zero attached hydrogens (tertiary/aromatic N) is 1. The van der Waals surface area contributed by atoms with Gasteiger partial charge in [-0.15, -0.1) is 11.6 Å². The molecule has 0 unspecified atom stereocenters. The first-order chi connectivity index (χ1) is 6.13. The van der Waals surface area contributed by atoms with E-state index in [1.54, 1.807) is 0 Å². The third kappa shape index (κ3) is 2.97. The van der Waals surface area contributed by atoms with E-state index in [1.165, 1.54) is 12.3 Å². The largest absolute Gasteiger partial charge is 0.415 e. The molecule has 72 valence electrons. The van der Waals surface area contributed by atoms with Crippen LogP contribution in [0.4, 0.5) is 8.78 Å². The molecule has 0 N–H and O–H groups in total. The normalized spacial score (nSPS) is 10.5. The fourth-order valence-corrected chi connectivity index (χ4v) is 1.09. The molecule has 2 nitrogen and oxygen atoms in total.